The number of carboxylic acids is 1. The first-order valence-electron chi connectivity index (χ1n) is 8.10. The molecule has 0 spiro atoms. The average molecular weight is 347 g/mol. The fourth-order valence-corrected chi connectivity index (χ4v) is 4.54. The molecule has 2 aromatic rings. The lowest BCUT2D eigenvalue weighted by molar-refractivity contribution is -0.134. The summed E-state index contributed by atoms with van der Waals surface area (Å²) in [6.07, 6.45) is 2.01. The molecule has 1 aliphatic heterocycles. The summed E-state index contributed by atoms with van der Waals surface area (Å²) in [5.74, 6) is -2.19. The topological polar surface area (TPSA) is 74.7 Å². The molecule has 0 bridgehead atoms. The van der Waals surface area contributed by atoms with E-state index < -0.39 is 21.6 Å². The summed E-state index contributed by atoms with van der Waals surface area (Å²) in [4.78, 5) is 12.8. The van der Waals surface area contributed by atoms with Crippen molar-refractivity contribution in [2.24, 2.45) is 0 Å². The quantitative estimate of drug-likeness (QED) is 0.869. The molecule has 1 atom stereocenters. The van der Waals surface area contributed by atoms with Gasteiger partial charge in [-0.15, -0.1) is 0 Å². The number of rotatable bonds is 6. The summed E-state index contributed by atoms with van der Waals surface area (Å²) in [5, 5.41) is 11.1. The summed E-state index contributed by atoms with van der Waals surface area (Å²) in [6.45, 7) is 1.22. The van der Waals surface area contributed by atoms with Crippen LogP contribution in [0.25, 0.3) is 10.8 Å². The molecule has 3 rings (SSSR count). The summed E-state index contributed by atoms with van der Waals surface area (Å²) in [6, 6.07) is 14.6. The van der Waals surface area contributed by atoms with Crippen LogP contribution in [-0.2, 0) is 14.6 Å². The SMILES string of the molecule is O=C(O)CS(=O)(=O)CCN1CCCC1c1cccc2ccccc12. The molecule has 0 aliphatic carbocycles. The van der Waals surface area contributed by atoms with Crippen LogP contribution in [0.5, 0.6) is 0 Å². The summed E-state index contributed by atoms with van der Waals surface area (Å²) >= 11 is 0. The first-order chi connectivity index (χ1) is 11.5. The van der Waals surface area contributed by atoms with Gasteiger partial charge in [-0.05, 0) is 35.7 Å². The minimum atomic E-state index is -3.56. The Kier molecular flexibility index (Phi) is 4.87. The van der Waals surface area contributed by atoms with Crippen molar-refractivity contribution in [1.29, 1.82) is 0 Å². The Hall–Kier alpha value is -1.92. The number of likely N-dealkylation sites (tertiary alicyclic amines) is 1. The number of sulfone groups is 1. The number of hydrogen-bond donors (Lipinski definition) is 1. The van der Waals surface area contributed by atoms with Crippen LogP contribution in [0, 0.1) is 0 Å². The van der Waals surface area contributed by atoms with E-state index in [1.807, 2.05) is 18.2 Å². The molecule has 1 N–H and O–H groups in total. The standard InChI is InChI=1S/C18H21NO4S/c20-18(21)13-24(22,23)12-11-19-10-4-9-17(19)16-8-3-6-14-5-1-2-7-15(14)16/h1-3,5-8,17H,4,9-13H2,(H,20,21). The van der Waals surface area contributed by atoms with E-state index in [2.05, 4.69) is 29.2 Å². The van der Waals surface area contributed by atoms with Gasteiger partial charge in [0.1, 0.15) is 5.75 Å². The number of aliphatic carboxylic acids is 1. The molecule has 0 radical (unpaired) electrons. The van der Waals surface area contributed by atoms with Crippen molar-refractivity contribution in [3.8, 4) is 0 Å². The van der Waals surface area contributed by atoms with Crippen molar-refractivity contribution in [2.75, 3.05) is 24.6 Å². The zero-order valence-corrected chi connectivity index (χ0v) is 14.2. The van der Waals surface area contributed by atoms with Crippen molar-refractivity contribution < 1.29 is 18.3 Å². The maximum absolute atomic E-state index is 11.8. The Morgan fingerprint density at radius 3 is 2.71 bits per heavy atom. The molecule has 1 saturated heterocycles. The van der Waals surface area contributed by atoms with Gasteiger partial charge in [0.25, 0.3) is 0 Å². The zero-order chi connectivity index (χ0) is 17.2. The van der Waals surface area contributed by atoms with Gasteiger partial charge in [0, 0.05) is 12.6 Å². The Morgan fingerprint density at radius 1 is 1.17 bits per heavy atom. The van der Waals surface area contributed by atoms with Crippen LogP contribution in [0.3, 0.4) is 0 Å². The van der Waals surface area contributed by atoms with Crippen LogP contribution in [-0.4, -0.2) is 49.0 Å². The summed E-state index contributed by atoms with van der Waals surface area (Å²) in [7, 11) is -3.56. The van der Waals surface area contributed by atoms with Gasteiger partial charge in [0.15, 0.2) is 9.84 Å². The first-order valence-corrected chi connectivity index (χ1v) is 9.92. The number of benzene rings is 2. The van der Waals surface area contributed by atoms with Gasteiger partial charge in [0.05, 0.1) is 5.75 Å². The Balaban J connectivity index is 1.79. The predicted molar refractivity (Wildman–Crippen MR) is 93.8 cm³/mol. The van der Waals surface area contributed by atoms with Crippen molar-refractivity contribution in [3.63, 3.8) is 0 Å². The second-order valence-corrected chi connectivity index (χ2v) is 8.43. The lowest BCUT2D eigenvalue weighted by atomic mass is 9.97. The van der Waals surface area contributed by atoms with Crippen molar-refractivity contribution in [1.82, 2.24) is 4.90 Å². The fraction of sp³-hybridized carbons (Fsp3) is 0.389. The molecular formula is C18H21NO4S. The van der Waals surface area contributed by atoms with E-state index in [1.54, 1.807) is 0 Å². The highest BCUT2D eigenvalue weighted by Crippen LogP contribution is 2.35. The van der Waals surface area contributed by atoms with E-state index in [1.165, 1.54) is 16.3 Å². The summed E-state index contributed by atoms with van der Waals surface area (Å²) in [5.41, 5.74) is 1.22. The molecular weight excluding hydrogens is 326 g/mol. The Labute approximate surface area is 141 Å². The largest absolute Gasteiger partial charge is 0.480 e. The van der Waals surface area contributed by atoms with E-state index in [-0.39, 0.29) is 11.8 Å². The molecule has 0 saturated carbocycles. The van der Waals surface area contributed by atoms with E-state index >= 15 is 0 Å². The first kappa shape index (κ1) is 16.9. The van der Waals surface area contributed by atoms with Crippen LogP contribution in [0.4, 0.5) is 0 Å². The third-order valence-corrected chi connectivity index (χ3v) is 6.07. The minimum Gasteiger partial charge on any atom is -0.480 e. The second-order valence-electron chi connectivity index (χ2n) is 6.25. The maximum Gasteiger partial charge on any atom is 0.318 e. The van der Waals surface area contributed by atoms with Crippen molar-refractivity contribution >= 4 is 26.6 Å². The number of carboxylic acid groups (broad SMARTS) is 1. The third-order valence-electron chi connectivity index (χ3n) is 4.58. The zero-order valence-electron chi connectivity index (χ0n) is 13.4. The van der Waals surface area contributed by atoms with Crippen molar-refractivity contribution in [3.05, 3.63) is 48.0 Å². The molecule has 0 aromatic heterocycles. The molecule has 5 nitrogen and oxygen atoms in total. The molecule has 128 valence electrons. The van der Waals surface area contributed by atoms with Crippen LogP contribution in [0.15, 0.2) is 42.5 Å². The maximum atomic E-state index is 11.8. The van der Waals surface area contributed by atoms with E-state index in [0.717, 1.165) is 19.4 Å². The highest BCUT2D eigenvalue weighted by atomic mass is 32.2. The lowest BCUT2D eigenvalue weighted by Crippen LogP contribution is -2.31. The predicted octanol–water partition coefficient (Wildman–Crippen LogP) is 2.48. The Bertz CT molecular complexity index is 842. The van der Waals surface area contributed by atoms with Crippen LogP contribution in [0.2, 0.25) is 0 Å². The van der Waals surface area contributed by atoms with Gasteiger partial charge in [-0.25, -0.2) is 8.42 Å². The lowest BCUT2D eigenvalue weighted by Gasteiger charge is -2.25. The monoisotopic (exact) mass is 347 g/mol. The molecule has 1 unspecified atom stereocenters. The molecule has 1 fully saturated rings. The van der Waals surface area contributed by atoms with Crippen LogP contribution >= 0.6 is 0 Å². The fourth-order valence-electron chi connectivity index (χ4n) is 3.50. The van der Waals surface area contributed by atoms with E-state index in [9.17, 15) is 13.2 Å². The normalized spacial score (nSPS) is 18.9. The summed E-state index contributed by atoms with van der Waals surface area (Å²) < 4.78 is 23.7. The molecule has 24 heavy (non-hydrogen) atoms. The molecule has 2 aromatic carbocycles. The highest BCUT2D eigenvalue weighted by molar-refractivity contribution is 7.92. The number of carbonyl (C=O) groups is 1. The smallest absolute Gasteiger partial charge is 0.318 e. The molecule has 0 amide bonds. The molecule has 6 heteroatoms. The van der Waals surface area contributed by atoms with Gasteiger partial charge >= 0.3 is 5.97 Å². The molecule has 1 heterocycles. The van der Waals surface area contributed by atoms with Crippen LogP contribution in [0.1, 0.15) is 24.4 Å². The average Bonchev–Trinajstić information content (AvgIpc) is 2.99. The van der Waals surface area contributed by atoms with Crippen LogP contribution < -0.4 is 0 Å². The van der Waals surface area contributed by atoms with Crippen molar-refractivity contribution in [2.45, 2.75) is 18.9 Å². The Morgan fingerprint density at radius 2 is 1.92 bits per heavy atom. The van der Waals surface area contributed by atoms with Gasteiger partial charge < -0.3 is 5.11 Å². The second kappa shape index (κ2) is 6.91. The third kappa shape index (κ3) is 3.76. The van der Waals surface area contributed by atoms with Gasteiger partial charge in [-0.3, -0.25) is 9.69 Å². The van der Waals surface area contributed by atoms with E-state index in [4.69, 9.17) is 5.11 Å². The highest BCUT2D eigenvalue weighted by Gasteiger charge is 2.28. The van der Waals surface area contributed by atoms with Gasteiger partial charge in [-0.1, -0.05) is 42.5 Å². The van der Waals surface area contributed by atoms with Gasteiger partial charge in [0.2, 0.25) is 0 Å². The number of nitrogens with zero attached hydrogens (tertiary/aromatic N) is 1. The van der Waals surface area contributed by atoms with Gasteiger partial charge in [-0.2, -0.15) is 0 Å². The minimum absolute atomic E-state index is 0.111. The number of fused-ring (bicyclic) bond motifs is 1. The van der Waals surface area contributed by atoms with E-state index in [0.29, 0.717) is 6.54 Å². The number of hydrogen-bond acceptors (Lipinski definition) is 4. The molecule has 1 aliphatic rings.